The Hall–Kier alpha value is -3.20. The molecule has 22 heavy (non-hydrogen) atoms. The fraction of sp³-hybridized carbons (Fsp3) is 0.125. The summed E-state index contributed by atoms with van der Waals surface area (Å²) in [4.78, 5) is 11.1. The molecule has 2 N–H and O–H groups in total. The summed E-state index contributed by atoms with van der Waals surface area (Å²) in [5.41, 5.74) is 6.83. The van der Waals surface area contributed by atoms with E-state index in [9.17, 15) is 4.79 Å². The van der Waals surface area contributed by atoms with Crippen molar-refractivity contribution >= 4 is 12.0 Å². The van der Waals surface area contributed by atoms with Crippen LogP contribution in [0.1, 0.15) is 11.3 Å². The van der Waals surface area contributed by atoms with Crippen LogP contribution in [-0.4, -0.2) is 17.3 Å². The molecule has 0 fully saturated rings. The van der Waals surface area contributed by atoms with Crippen LogP contribution in [0.25, 0.3) is 6.08 Å². The van der Waals surface area contributed by atoms with Gasteiger partial charge in [-0.1, -0.05) is 6.07 Å². The van der Waals surface area contributed by atoms with Crippen molar-refractivity contribution in [3.05, 3.63) is 53.4 Å². The Labute approximate surface area is 127 Å². The van der Waals surface area contributed by atoms with Crippen molar-refractivity contribution in [1.29, 1.82) is 5.26 Å². The maximum absolute atomic E-state index is 11.1. The van der Waals surface area contributed by atoms with Gasteiger partial charge in [0, 0.05) is 18.4 Å². The Morgan fingerprint density at radius 2 is 2.18 bits per heavy atom. The highest BCUT2D eigenvalue weighted by atomic mass is 16.7. The zero-order chi connectivity index (χ0) is 15.5. The average molecular weight is 295 g/mol. The van der Waals surface area contributed by atoms with Crippen LogP contribution in [0, 0.1) is 11.3 Å². The first-order chi connectivity index (χ1) is 10.7. The molecule has 0 spiro atoms. The largest absolute Gasteiger partial charge is 0.454 e. The molecular formula is C16H13N3O3. The minimum Gasteiger partial charge on any atom is -0.454 e. The van der Waals surface area contributed by atoms with Gasteiger partial charge in [-0.25, -0.2) is 0 Å². The molecule has 0 unspecified atom stereocenters. The zero-order valence-corrected chi connectivity index (χ0v) is 11.7. The smallest absolute Gasteiger partial charge is 0.259 e. The summed E-state index contributed by atoms with van der Waals surface area (Å²) in [7, 11) is 0. The molecule has 0 aliphatic carbocycles. The van der Waals surface area contributed by atoms with Crippen molar-refractivity contribution in [2.75, 3.05) is 6.79 Å². The molecule has 110 valence electrons. The van der Waals surface area contributed by atoms with Gasteiger partial charge in [0.05, 0.1) is 0 Å². The highest BCUT2D eigenvalue weighted by molar-refractivity contribution is 6.00. The maximum atomic E-state index is 11.1. The number of amides is 1. The van der Waals surface area contributed by atoms with Gasteiger partial charge in [-0.15, -0.1) is 0 Å². The van der Waals surface area contributed by atoms with Gasteiger partial charge >= 0.3 is 0 Å². The Bertz CT molecular complexity index is 799. The highest BCUT2D eigenvalue weighted by Crippen LogP contribution is 2.32. The van der Waals surface area contributed by atoms with E-state index in [1.54, 1.807) is 6.07 Å². The van der Waals surface area contributed by atoms with Crippen LogP contribution in [-0.2, 0) is 11.3 Å². The molecule has 1 aliphatic heterocycles. The summed E-state index contributed by atoms with van der Waals surface area (Å²) in [6.45, 7) is 0.813. The minimum atomic E-state index is -0.738. The number of carbonyl (C=O) groups excluding carboxylic acids is 1. The van der Waals surface area contributed by atoms with Crippen molar-refractivity contribution in [3.8, 4) is 17.6 Å². The van der Waals surface area contributed by atoms with Gasteiger partial charge < -0.3 is 19.8 Å². The molecule has 0 atom stereocenters. The molecule has 1 aromatic carbocycles. The van der Waals surface area contributed by atoms with E-state index >= 15 is 0 Å². The standard InChI is InChI=1S/C16H13N3O3/c17-8-12(16(18)20)7-13-2-1-5-19(13)9-11-3-4-14-15(6-11)22-10-21-14/h1-7H,9-10H2,(H2,18,20). The van der Waals surface area contributed by atoms with E-state index in [0.717, 1.165) is 22.8 Å². The quantitative estimate of drug-likeness (QED) is 0.686. The molecule has 3 rings (SSSR count). The summed E-state index contributed by atoms with van der Waals surface area (Å²) >= 11 is 0. The summed E-state index contributed by atoms with van der Waals surface area (Å²) < 4.78 is 12.5. The predicted octanol–water partition coefficient (Wildman–Crippen LogP) is 1.66. The number of benzene rings is 1. The number of hydrogen-bond acceptors (Lipinski definition) is 4. The number of nitrogens with two attached hydrogens (primary N) is 1. The monoisotopic (exact) mass is 295 g/mol. The van der Waals surface area contributed by atoms with E-state index in [-0.39, 0.29) is 12.4 Å². The van der Waals surface area contributed by atoms with Crippen LogP contribution in [0.2, 0.25) is 0 Å². The summed E-state index contributed by atoms with van der Waals surface area (Å²) in [6.07, 6.45) is 3.35. The van der Waals surface area contributed by atoms with Crippen LogP contribution in [0.4, 0.5) is 0 Å². The van der Waals surface area contributed by atoms with Gasteiger partial charge in [-0.05, 0) is 35.9 Å². The van der Waals surface area contributed by atoms with Gasteiger partial charge in [0.15, 0.2) is 11.5 Å². The minimum absolute atomic E-state index is 0.0781. The van der Waals surface area contributed by atoms with Crippen molar-refractivity contribution in [2.45, 2.75) is 6.54 Å². The van der Waals surface area contributed by atoms with E-state index in [1.165, 1.54) is 6.08 Å². The fourth-order valence-electron chi connectivity index (χ4n) is 2.24. The number of hydrogen-bond donors (Lipinski definition) is 1. The van der Waals surface area contributed by atoms with E-state index in [1.807, 2.05) is 41.1 Å². The molecule has 6 heteroatoms. The first kappa shape index (κ1) is 13.8. The third kappa shape index (κ3) is 2.65. The van der Waals surface area contributed by atoms with Crippen LogP contribution in [0.3, 0.4) is 0 Å². The second kappa shape index (κ2) is 5.66. The van der Waals surface area contributed by atoms with Gasteiger partial charge in [0.1, 0.15) is 11.6 Å². The average Bonchev–Trinajstić information content (AvgIpc) is 3.13. The third-order valence-corrected chi connectivity index (χ3v) is 3.33. The Morgan fingerprint density at radius 1 is 1.36 bits per heavy atom. The first-order valence-electron chi connectivity index (χ1n) is 6.62. The molecule has 0 saturated heterocycles. The number of rotatable bonds is 4. The summed E-state index contributed by atoms with van der Waals surface area (Å²) in [6, 6.07) is 11.2. The van der Waals surface area contributed by atoms with Gasteiger partial charge in [0.2, 0.25) is 6.79 Å². The summed E-state index contributed by atoms with van der Waals surface area (Å²) in [5, 5.41) is 8.92. The molecule has 6 nitrogen and oxygen atoms in total. The second-order valence-electron chi connectivity index (χ2n) is 4.78. The Kier molecular flexibility index (Phi) is 3.54. The maximum Gasteiger partial charge on any atom is 0.259 e. The lowest BCUT2D eigenvalue weighted by atomic mass is 10.2. The van der Waals surface area contributed by atoms with Crippen molar-refractivity contribution in [3.63, 3.8) is 0 Å². The third-order valence-electron chi connectivity index (χ3n) is 3.33. The normalized spacial score (nSPS) is 13.0. The highest BCUT2D eigenvalue weighted by Gasteiger charge is 2.13. The Morgan fingerprint density at radius 3 is 2.95 bits per heavy atom. The molecule has 1 aromatic heterocycles. The molecule has 1 aliphatic rings. The zero-order valence-electron chi connectivity index (χ0n) is 11.7. The number of primary amides is 1. The van der Waals surface area contributed by atoms with Crippen molar-refractivity contribution < 1.29 is 14.3 Å². The van der Waals surface area contributed by atoms with Crippen LogP contribution < -0.4 is 15.2 Å². The molecular weight excluding hydrogens is 282 g/mol. The fourth-order valence-corrected chi connectivity index (χ4v) is 2.24. The predicted molar refractivity (Wildman–Crippen MR) is 78.9 cm³/mol. The van der Waals surface area contributed by atoms with E-state index in [4.69, 9.17) is 20.5 Å². The van der Waals surface area contributed by atoms with Gasteiger partial charge in [-0.2, -0.15) is 5.26 Å². The number of nitrogens with zero attached hydrogens (tertiary/aromatic N) is 2. The number of ether oxygens (including phenoxy) is 2. The van der Waals surface area contributed by atoms with Crippen molar-refractivity contribution in [1.82, 2.24) is 4.57 Å². The topological polar surface area (TPSA) is 90.3 Å². The van der Waals surface area contributed by atoms with Crippen LogP contribution >= 0.6 is 0 Å². The lowest BCUT2D eigenvalue weighted by Gasteiger charge is -2.08. The molecule has 2 aromatic rings. The van der Waals surface area contributed by atoms with Gasteiger partial charge in [-0.3, -0.25) is 4.79 Å². The van der Waals surface area contributed by atoms with Crippen LogP contribution in [0.15, 0.2) is 42.1 Å². The SMILES string of the molecule is N#CC(=Cc1cccn1Cc1ccc2c(c1)OCO2)C(N)=O. The lowest BCUT2D eigenvalue weighted by molar-refractivity contribution is -0.114. The summed E-state index contributed by atoms with van der Waals surface area (Å²) in [5.74, 6) is 0.715. The number of carbonyl (C=O) groups is 1. The first-order valence-corrected chi connectivity index (χ1v) is 6.62. The molecule has 0 saturated carbocycles. The molecule has 0 radical (unpaired) electrons. The second-order valence-corrected chi connectivity index (χ2v) is 4.78. The number of fused-ring (bicyclic) bond motifs is 1. The van der Waals surface area contributed by atoms with Crippen molar-refractivity contribution in [2.24, 2.45) is 5.73 Å². The number of aromatic nitrogens is 1. The lowest BCUT2D eigenvalue weighted by Crippen LogP contribution is -2.13. The van der Waals surface area contributed by atoms with E-state index < -0.39 is 5.91 Å². The number of nitriles is 1. The van der Waals surface area contributed by atoms with E-state index in [2.05, 4.69) is 0 Å². The van der Waals surface area contributed by atoms with Gasteiger partial charge in [0.25, 0.3) is 5.91 Å². The molecule has 2 heterocycles. The Balaban J connectivity index is 1.87. The molecule has 1 amide bonds. The van der Waals surface area contributed by atoms with Crippen LogP contribution in [0.5, 0.6) is 11.5 Å². The van der Waals surface area contributed by atoms with E-state index in [0.29, 0.717) is 6.54 Å². The molecule has 0 bridgehead atoms.